The number of methoxy groups -OCH3 is 1. The average Bonchev–Trinajstić information content (AvgIpc) is 2.63. The summed E-state index contributed by atoms with van der Waals surface area (Å²) >= 11 is 0. The van der Waals surface area contributed by atoms with Crippen molar-refractivity contribution in [2.75, 3.05) is 13.7 Å². The van der Waals surface area contributed by atoms with Crippen LogP contribution in [0.15, 0.2) is 30.3 Å². The fourth-order valence-corrected chi connectivity index (χ4v) is 2.12. The van der Waals surface area contributed by atoms with Crippen molar-refractivity contribution in [1.29, 1.82) is 0 Å². The van der Waals surface area contributed by atoms with Crippen LogP contribution in [-0.4, -0.2) is 53.9 Å². The van der Waals surface area contributed by atoms with Gasteiger partial charge in [-0.15, -0.1) is 0 Å². The average molecular weight is 354 g/mol. The number of ether oxygens (including phenoxy) is 1. The summed E-state index contributed by atoms with van der Waals surface area (Å²) in [6, 6.07) is 10.0. The van der Waals surface area contributed by atoms with Crippen LogP contribution in [0.4, 0.5) is 0 Å². The molecule has 9 nitrogen and oxygen atoms in total. The van der Waals surface area contributed by atoms with Crippen molar-refractivity contribution in [3.8, 4) is 0 Å². The maximum atomic E-state index is 11.3. The van der Waals surface area contributed by atoms with Gasteiger partial charge in [-0.3, -0.25) is 9.63 Å². The predicted octanol–water partition coefficient (Wildman–Crippen LogP) is 0.157. The molecule has 138 valence electrons. The molecule has 0 radical (unpaired) electrons. The highest BCUT2D eigenvalue weighted by atomic mass is 16.6. The van der Waals surface area contributed by atoms with Gasteiger partial charge in [0.05, 0.1) is 13.7 Å². The molecular weight excluding hydrogens is 332 g/mol. The fraction of sp³-hybridized carbons (Fsp3) is 0.438. The normalized spacial score (nSPS) is 19.2. The molecule has 2 rings (SSSR count). The molecule has 4 N–H and O–H groups in total. The van der Waals surface area contributed by atoms with Gasteiger partial charge < -0.3 is 20.3 Å². The quantitative estimate of drug-likeness (QED) is 0.331. The van der Waals surface area contributed by atoms with Crippen molar-refractivity contribution in [1.82, 2.24) is 10.8 Å². The van der Waals surface area contributed by atoms with Crippen LogP contribution >= 0.6 is 0 Å². The third kappa shape index (κ3) is 8.25. The first kappa shape index (κ1) is 20.6. The van der Waals surface area contributed by atoms with Crippen LogP contribution in [0.5, 0.6) is 0 Å². The number of hydrogen-bond acceptors (Lipinski definition) is 7. The topological polar surface area (TPSA) is 134 Å². The van der Waals surface area contributed by atoms with Gasteiger partial charge in [-0.1, -0.05) is 30.3 Å². The molecule has 0 spiro atoms. The van der Waals surface area contributed by atoms with E-state index in [4.69, 9.17) is 29.4 Å². The molecule has 25 heavy (non-hydrogen) atoms. The summed E-state index contributed by atoms with van der Waals surface area (Å²) in [5, 5.41) is 17.9. The van der Waals surface area contributed by atoms with E-state index in [1.165, 1.54) is 7.11 Å². The monoisotopic (exact) mass is 354 g/mol. The van der Waals surface area contributed by atoms with Crippen molar-refractivity contribution in [2.24, 2.45) is 0 Å². The standard InChI is InChI=1S/C14H20N2O3.C2H2O4/c1-18-14(17)13-8-7-12(9-15-13)16-19-10-11-5-3-2-4-6-11;3-1(4)2(5)6/h2-6,12-13,15-16H,7-10H2,1H3;(H,3,4)(H,5,6)/t12-,13+;/m1./s1. The zero-order valence-corrected chi connectivity index (χ0v) is 13.8. The zero-order valence-electron chi connectivity index (χ0n) is 13.8. The second-order valence-corrected chi connectivity index (χ2v) is 5.26. The summed E-state index contributed by atoms with van der Waals surface area (Å²) in [6.07, 6.45) is 1.65. The van der Waals surface area contributed by atoms with Crippen molar-refractivity contribution in [3.63, 3.8) is 0 Å². The van der Waals surface area contributed by atoms with Gasteiger partial charge in [-0.25, -0.2) is 9.59 Å². The first-order valence-corrected chi connectivity index (χ1v) is 7.62. The largest absolute Gasteiger partial charge is 0.473 e. The highest BCUT2D eigenvalue weighted by Gasteiger charge is 2.26. The lowest BCUT2D eigenvalue weighted by Gasteiger charge is -2.28. The summed E-state index contributed by atoms with van der Waals surface area (Å²) in [4.78, 5) is 35.0. The lowest BCUT2D eigenvalue weighted by Crippen LogP contribution is -2.50. The summed E-state index contributed by atoms with van der Waals surface area (Å²) in [5.41, 5.74) is 4.16. The Bertz CT molecular complexity index is 545. The molecule has 1 aromatic rings. The Hall–Kier alpha value is -2.49. The van der Waals surface area contributed by atoms with E-state index in [9.17, 15) is 4.79 Å². The Balaban J connectivity index is 0.000000450. The van der Waals surface area contributed by atoms with Crippen molar-refractivity contribution >= 4 is 17.9 Å². The van der Waals surface area contributed by atoms with E-state index < -0.39 is 11.9 Å². The zero-order chi connectivity index (χ0) is 18.7. The van der Waals surface area contributed by atoms with E-state index in [0.29, 0.717) is 13.2 Å². The molecule has 1 aromatic carbocycles. The number of carboxylic acids is 2. The van der Waals surface area contributed by atoms with Gasteiger partial charge in [0.2, 0.25) is 0 Å². The molecule has 1 aliphatic heterocycles. The van der Waals surface area contributed by atoms with Gasteiger partial charge in [0.15, 0.2) is 0 Å². The Labute approximate surface area is 144 Å². The lowest BCUT2D eigenvalue weighted by atomic mass is 10.0. The Morgan fingerprint density at radius 1 is 1.16 bits per heavy atom. The Kier molecular flexibility index (Phi) is 9.15. The highest BCUT2D eigenvalue weighted by molar-refractivity contribution is 6.27. The van der Waals surface area contributed by atoms with Crippen molar-refractivity contribution < 1.29 is 34.2 Å². The second-order valence-electron chi connectivity index (χ2n) is 5.26. The molecule has 1 aliphatic rings. The van der Waals surface area contributed by atoms with Crippen LogP contribution in [0.25, 0.3) is 0 Å². The number of rotatable bonds is 5. The van der Waals surface area contributed by atoms with Gasteiger partial charge in [0.25, 0.3) is 0 Å². The molecular formula is C16H22N2O7. The SMILES string of the molecule is COC(=O)[C@@H]1CC[C@@H](NOCc2ccccc2)CN1.O=C(O)C(=O)O. The molecule has 1 fully saturated rings. The van der Waals surface area contributed by atoms with E-state index in [-0.39, 0.29) is 18.1 Å². The van der Waals surface area contributed by atoms with Gasteiger partial charge in [-0.05, 0) is 18.4 Å². The summed E-state index contributed by atoms with van der Waals surface area (Å²) in [6.45, 7) is 1.24. The molecule has 2 atom stereocenters. The third-order valence-electron chi connectivity index (χ3n) is 3.41. The van der Waals surface area contributed by atoms with Crippen LogP contribution in [0.1, 0.15) is 18.4 Å². The molecule has 0 saturated carbocycles. The molecule has 0 aliphatic carbocycles. The second kappa shape index (κ2) is 11.1. The van der Waals surface area contributed by atoms with Gasteiger partial charge >= 0.3 is 17.9 Å². The summed E-state index contributed by atoms with van der Waals surface area (Å²) in [5.74, 6) is -3.84. The maximum absolute atomic E-state index is 11.3. The minimum atomic E-state index is -1.82. The minimum Gasteiger partial charge on any atom is -0.473 e. The van der Waals surface area contributed by atoms with Crippen LogP contribution in [0.2, 0.25) is 0 Å². The predicted molar refractivity (Wildman–Crippen MR) is 86.5 cm³/mol. The van der Waals surface area contributed by atoms with E-state index >= 15 is 0 Å². The lowest BCUT2D eigenvalue weighted by molar-refractivity contribution is -0.159. The Morgan fingerprint density at radius 3 is 2.28 bits per heavy atom. The number of hydroxylamine groups is 1. The van der Waals surface area contributed by atoms with Crippen molar-refractivity contribution in [2.45, 2.75) is 31.5 Å². The van der Waals surface area contributed by atoms with Crippen LogP contribution in [0.3, 0.4) is 0 Å². The molecule has 0 bridgehead atoms. The van der Waals surface area contributed by atoms with Gasteiger partial charge in [0, 0.05) is 12.6 Å². The number of esters is 1. The van der Waals surface area contributed by atoms with E-state index in [2.05, 4.69) is 10.8 Å². The van der Waals surface area contributed by atoms with Gasteiger partial charge in [0.1, 0.15) is 6.04 Å². The molecule has 1 heterocycles. The molecule has 0 aromatic heterocycles. The van der Waals surface area contributed by atoms with Crippen molar-refractivity contribution in [3.05, 3.63) is 35.9 Å². The molecule has 0 unspecified atom stereocenters. The number of benzene rings is 1. The van der Waals surface area contributed by atoms with E-state index in [1.54, 1.807) is 0 Å². The number of piperidine rings is 1. The van der Waals surface area contributed by atoms with Crippen LogP contribution in [-0.2, 0) is 30.6 Å². The third-order valence-corrected chi connectivity index (χ3v) is 3.41. The van der Waals surface area contributed by atoms with E-state index in [1.807, 2.05) is 30.3 Å². The number of carbonyl (C=O) groups excluding carboxylic acids is 1. The van der Waals surface area contributed by atoms with E-state index in [0.717, 1.165) is 18.4 Å². The van der Waals surface area contributed by atoms with Crippen LogP contribution < -0.4 is 10.8 Å². The maximum Gasteiger partial charge on any atom is 0.414 e. The number of nitrogens with one attached hydrogen (secondary N) is 2. The summed E-state index contributed by atoms with van der Waals surface area (Å²) < 4.78 is 4.71. The number of carbonyl (C=O) groups is 3. The number of hydrogen-bond donors (Lipinski definition) is 4. The first-order valence-electron chi connectivity index (χ1n) is 7.62. The van der Waals surface area contributed by atoms with Gasteiger partial charge in [-0.2, -0.15) is 5.48 Å². The smallest absolute Gasteiger partial charge is 0.414 e. The Morgan fingerprint density at radius 2 is 1.80 bits per heavy atom. The number of aliphatic carboxylic acids is 2. The highest BCUT2D eigenvalue weighted by Crippen LogP contribution is 2.10. The van der Waals surface area contributed by atoms with Crippen LogP contribution in [0, 0.1) is 0 Å². The molecule has 0 amide bonds. The number of carboxylic acid groups (broad SMARTS) is 2. The first-order chi connectivity index (χ1) is 11.9. The minimum absolute atomic E-state index is 0.183. The molecule has 1 saturated heterocycles. The molecule has 9 heteroatoms. The summed E-state index contributed by atoms with van der Waals surface area (Å²) in [7, 11) is 1.41. The fourth-order valence-electron chi connectivity index (χ4n) is 2.12.